The van der Waals surface area contributed by atoms with Gasteiger partial charge in [0, 0.05) is 36.1 Å². The summed E-state index contributed by atoms with van der Waals surface area (Å²) in [7, 11) is 0. The van der Waals surface area contributed by atoms with Crippen LogP contribution in [0.3, 0.4) is 0 Å². The summed E-state index contributed by atoms with van der Waals surface area (Å²) in [6, 6.07) is 20.6. The maximum Gasteiger partial charge on any atom is 0.167 e. The number of Topliss-reactive ketones (excluding diaryl/α,β-unsaturated/α-hetero) is 1. The second-order valence-corrected chi connectivity index (χ2v) is 12.5. The molecule has 0 spiro atoms. The predicted molar refractivity (Wildman–Crippen MR) is 143 cm³/mol. The lowest BCUT2D eigenvalue weighted by Gasteiger charge is -2.58. The molecule has 4 aliphatic rings. The molecule has 1 aliphatic heterocycles. The van der Waals surface area contributed by atoms with E-state index in [1.54, 1.807) is 0 Å². The number of fused-ring (bicyclic) bond motifs is 5. The summed E-state index contributed by atoms with van der Waals surface area (Å²) in [5, 5.41) is 3.70. The third-order valence-corrected chi connectivity index (χ3v) is 10.6. The van der Waals surface area contributed by atoms with Crippen LogP contribution in [-0.4, -0.2) is 18.1 Å². The van der Waals surface area contributed by atoms with E-state index in [0.29, 0.717) is 30.1 Å². The molecule has 3 fully saturated rings. The summed E-state index contributed by atoms with van der Waals surface area (Å²) in [6.45, 7) is 5.85. The SMILES string of the molecule is C[C@@]12CCC[C@H]1[C@@H]1CNC3=CC(=O)C(C(=O)CC(c4ccccc4)c4ccccc4)C[C@]3(C)[C@H]1CC2. The monoisotopic (exact) mass is 481 g/mol. The van der Waals surface area contributed by atoms with Crippen molar-refractivity contribution in [2.45, 2.75) is 64.7 Å². The minimum absolute atomic E-state index is 0.000174. The Morgan fingerprint density at radius 2 is 1.61 bits per heavy atom. The second kappa shape index (κ2) is 9.01. The van der Waals surface area contributed by atoms with E-state index < -0.39 is 5.92 Å². The van der Waals surface area contributed by atoms with Crippen LogP contribution in [0.4, 0.5) is 0 Å². The number of benzene rings is 2. The van der Waals surface area contributed by atoms with E-state index in [4.69, 9.17) is 0 Å². The van der Waals surface area contributed by atoms with E-state index in [0.717, 1.165) is 29.3 Å². The lowest BCUT2D eigenvalue weighted by Crippen LogP contribution is -2.57. The third-order valence-electron chi connectivity index (χ3n) is 10.6. The number of nitrogens with one attached hydrogen (secondary N) is 1. The fourth-order valence-corrected chi connectivity index (χ4v) is 8.65. The summed E-state index contributed by atoms with van der Waals surface area (Å²) in [6.07, 6.45) is 9.40. The molecule has 1 heterocycles. The van der Waals surface area contributed by atoms with E-state index in [1.807, 2.05) is 42.5 Å². The van der Waals surface area contributed by atoms with Gasteiger partial charge in [-0.3, -0.25) is 9.59 Å². The van der Waals surface area contributed by atoms with Gasteiger partial charge in [0.1, 0.15) is 5.78 Å². The molecule has 2 aromatic rings. The van der Waals surface area contributed by atoms with Crippen LogP contribution < -0.4 is 5.32 Å². The summed E-state index contributed by atoms with van der Waals surface area (Å²) in [4.78, 5) is 27.2. The average molecular weight is 482 g/mol. The van der Waals surface area contributed by atoms with Crippen LogP contribution in [0.15, 0.2) is 72.4 Å². The molecule has 2 aromatic carbocycles. The van der Waals surface area contributed by atoms with Gasteiger partial charge in [-0.15, -0.1) is 0 Å². The van der Waals surface area contributed by atoms with Crippen molar-refractivity contribution in [3.8, 4) is 0 Å². The molecule has 2 saturated carbocycles. The topological polar surface area (TPSA) is 46.2 Å². The number of rotatable bonds is 5. The molecular weight excluding hydrogens is 442 g/mol. The number of hydrogen-bond donors (Lipinski definition) is 1. The first-order valence-electron chi connectivity index (χ1n) is 14.0. The van der Waals surface area contributed by atoms with Gasteiger partial charge in [-0.1, -0.05) is 80.9 Å². The maximum atomic E-state index is 13.9. The molecule has 1 N–H and O–H groups in total. The van der Waals surface area contributed by atoms with Gasteiger partial charge in [-0.25, -0.2) is 0 Å². The molecule has 6 rings (SSSR count). The lowest BCUT2D eigenvalue weighted by molar-refractivity contribution is -0.134. The Kier molecular flexibility index (Phi) is 5.93. The number of hydrogen-bond acceptors (Lipinski definition) is 3. The van der Waals surface area contributed by atoms with Crippen LogP contribution in [0.25, 0.3) is 0 Å². The summed E-state index contributed by atoms with van der Waals surface area (Å²) >= 11 is 0. The minimum Gasteiger partial charge on any atom is -0.387 e. The third kappa shape index (κ3) is 3.86. The van der Waals surface area contributed by atoms with Gasteiger partial charge >= 0.3 is 0 Å². The predicted octanol–water partition coefficient (Wildman–Crippen LogP) is 6.69. The summed E-state index contributed by atoms with van der Waals surface area (Å²) in [5.74, 6) is 1.51. The number of ketones is 2. The smallest absolute Gasteiger partial charge is 0.167 e. The Morgan fingerprint density at radius 1 is 0.944 bits per heavy atom. The van der Waals surface area contributed by atoms with Gasteiger partial charge in [-0.2, -0.15) is 0 Å². The van der Waals surface area contributed by atoms with E-state index in [-0.39, 0.29) is 22.9 Å². The number of carbonyl (C=O) groups is 2. The second-order valence-electron chi connectivity index (χ2n) is 12.5. The largest absolute Gasteiger partial charge is 0.387 e. The normalized spacial score (nSPS) is 35.3. The van der Waals surface area contributed by atoms with Crippen molar-refractivity contribution >= 4 is 11.6 Å². The molecule has 188 valence electrons. The first kappa shape index (κ1) is 23.7. The Balaban J connectivity index is 1.27. The van der Waals surface area contributed by atoms with Crippen molar-refractivity contribution in [3.05, 3.63) is 83.6 Å². The Labute approximate surface area is 215 Å². The molecule has 0 aromatic heterocycles. The Morgan fingerprint density at radius 3 is 2.28 bits per heavy atom. The van der Waals surface area contributed by atoms with E-state index in [1.165, 1.54) is 32.1 Å². The minimum atomic E-state index is -0.536. The van der Waals surface area contributed by atoms with Crippen molar-refractivity contribution < 1.29 is 9.59 Å². The summed E-state index contributed by atoms with van der Waals surface area (Å²) in [5.41, 5.74) is 3.74. The van der Waals surface area contributed by atoms with Crippen molar-refractivity contribution in [2.75, 3.05) is 6.54 Å². The van der Waals surface area contributed by atoms with Gasteiger partial charge in [0.2, 0.25) is 0 Å². The average Bonchev–Trinajstić information content (AvgIpc) is 3.30. The van der Waals surface area contributed by atoms with Crippen LogP contribution >= 0.6 is 0 Å². The number of carbonyl (C=O) groups excluding carboxylic acids is 2. The maximum absolute atomic E-state index is 13.9. The van der Waals surface area contributed by atoms with Crippen molar-refractivity contribution in [2.24, 2.45) is 34.5 Å². The van der Waals surface area contributed by atoms with Crippen LogP contribution in [0.1, 0.15) is 75.8 Å². The molecule has 0 amide bonds. The van der Waals surface area contributed by atoms with Gasteiger partial charge < -0.3 is 5.32 Å². The molecule has 0 bridgehead atoms. The molecule has 3 heteroatoms. The first-order valence-corrected chi connectivity index (χ1v) is 14.0. The molecule has 1 unspecified atom stereocenters. The van der Waals surface area contributed by atoms with Crippen LogP contribution in [0, 0.1) is 34.5 Å². The highest BCUT2D eigenvalue weighted by molar-refractivity contribution is 6.09. The Hall–Kier alpha value is -2.68. The van der Waals surface area contributed by atoms with Crippen LogP contribution in [0.2, 0.25) is 0 Å². The standard InChI is InChI=1S/C33H39NO2/c1-32-16-9-14-27(32)26-21-34-31-19-30(36)25(20-33(31,2)28(26)15-17-32)29(35)18-24(22-10-5-3-6-11-22)23-12-7-4-8-13-23/h3-8,10-13,19,24-28,34H,9,14-18,20-21H2,1-2H3/t25?,26-,27-,28-,32-,33+/m0/s1. The molecule has 3 nitrogen and oxygen atoms in total. The molecule has 36 heavy (non-hydrogen) atoms. The first-order chi connectivity index (χ1) is 17.4. The molecule has 6 atom stereocenters. The van der Waals surface area contributed by atoms with Crippen molar-refractivity contribution in [1.29, 1.82) is 0 Å². The van der Waals surface area contributed by atoms with Crippen LogP contribution in [-0.2, 0) is 9.59 Å². The lowest BCUT2D eigenvalue weighted by atomic mass is 9.50. The summed E-state index contributed by atoms with van der Waals surface area (Å²) < 4.78 is 0. The van der Waals surface area contributed by atoms with Gasteiger partial charge in [0.15, 0.2) is 5.78 Å². The highest BCUT2D eigenvalue weighted by Crippen LogP contribution is 2.62. The van der Waals surface area contributed by atoms with Crippen LogP contribution in [0.5, 0.6) is 0 Å². The highest BCUT2D eigenvalue weighted by Gasteiger charge is 2.58. The number of allylic oxidation sites excluding steroid dienone is 2. The zero-order chi connectivity index (χ0) is 24.9. The number of piperidine rings is 1. The van der Waals surface area contributed by atoms with E-state index in [9.17, 15) is 9.59 Å². The van der Waals surface area contributed by atoms with Crippen molar-refractivity contribution in [3.63, 3.8) is 0 Å². The molecular formula is C33H39NO2. The van der Waals surface area contributed by atoms with E-state index in [2.05, 4.69) is 43.4 Å². The van der Waals surface area contributed by atoms with Gasteiger partial charge in [0.05, 0.1) is 5.92 Å². The quantitative estimate of drug-likeness (QED) is 0.484. The Bertz CT molecular complexity index is 1130. The molecule has 1 saturated heterocycles. The zero-order valence-corrected chi connectivity index (χ0v) is 21.7. The fraction of sp³-hybridized carbons (Fsp3) is 0.515. The molecule has 3 aliphatic carbocycles. The highest BCUT2D eigenvalue weighted by atomic mass is 16.1. The van der Waals surface area contributed by atoms with E-state index >= 15 is 0 Å². The fourth-order valence-electron chi connectivity index (χ4n) is 8.65. The van der Waals surface area contributed by atoms with Crippen molar-refractivity contribution in [1.82, 2.24) is 5.32 Å². The zero-order valence-electron chi connectivity index (χ0n) is 21.7. The van der Waals surface area contributed by atoms with Gasteiger partial charge in [-0.05, 0) is 66.4 Å². The van der Waals surface area contributed by atoms with Gasteiger partial charge in [0.25, 0.3) is 0 Å². The molecule has 0 radical (unpaired) electrons.